The van der Waals surface area contributed by atoms with Crippen molar-refractivity contribution in [3.63, 3.8) is 0 Å². The Kier molecular flexibility index (Phi) is 7.29. The van der Waals surface area contributed by atoms with Crippen LogP contribution in [0.2, 0.25) is 0 Å². The van der Waals surface area contributed by atoms with Gasteiger partial charge in [-0.2, -0.15) is 4.31 Å². The first-order chi connectivity index (χ1) is 18.3. The van der Waals surface area contributed by atoms with Crippen molar-refractivity contribution < 1.29 is 22.7 Å². The van der Waals surface area contributed by atoms with E-state index >= 15 is 0 Å². The van der Waals surface area contributed by atoms with Crippen LogP contribution < -0.4 is 19.9 Å². The number of sulfonamides is 1. The summed E-state index contributed by atoms with van der Waals surface area (Å²) >= 11 is 0. The van der Waals surface area contributed by atoms with E-state index in [9.17, 15) is 13.2 Å². The zero-order valence-corrected chi connectivity index (χ0v) is 22.6. The Labute approximate surface area is 223 Å². The van der Waals surface area contributed by atoms with E-state index in [0.29, 0.717) is 32.8 Å². The van der Waals surface area contributed by atoms with Crippen LogP contribution in [0.15, 0.2) is 71.6 Å². The van der Waals surface area contributed by atoms with Gasteiger partial charge in [0.2, 0.25) is 15.9 Å². The Balaban J connectivity index is 1.38. The summed E-state index contributed by atoms with van der Waals surface area (Å²) < 4.78 is 37.9. The molecule has 1 atom stereocenters. The number of carbonyl (C=O) groups is 1. The van der Waals surface area contributed by atoms with Crippen LogP contribution in [-0.4, -0.2) is 65.1 Å². The van der Waals surface area contributed by atoms with Gasteiger partial charge in [-0.25, -0.2) is 8.42 Å². The maximum atomic E-state index is 13.0. The van der Waals surface area contributed by atoms with Crippen LogP contribution >= 0.6 is 0 Å². The van der Waals surface area contributed by atoms with Crippen LogP contribution in [0.4, 0.5) is 22.7 Å². The zero-order chi connectivity index (χ0) is 26.9. The molecule has 2 aliphatic rings. The first-order valence-corrected chi connectivity index (χ1v) is 14.0. The third-order valence-corrected chi connectivity index (χ3v) is 8.98. The topological polar surface area (TPSA) is 91.4 Å². The van der Waals surface area contributed by atoms with Crippen molar-refractivity contribution in [3.8, 4) is 5.75 Å². The molecule has 2 heterocycles. The third-order valence-electron chi connectivity index (χ3n) is 7.06. The summed E-state index contributed by atoms with van der Waals surface area (Å²) in [7, 11) is -0.118. The zero-order valence-electron chi connectivity index (χ0n) is 21.8. The number of likely N-dealkylation sites (N-methyl/N-ethyl adjacent to an activating group) is 1. The normalized spacial score (nSPS) is 18.3. The number of fused-ring (bicyclic) bond motifs is 1. The monoisotopic (exact) mass is 536 g/mol. The van der Waals surface area contributed by atoms with Gasteiger partial charge in [-0.15, -0.1) is 0 Å². The molecule has 0 spiro atoms. The Bertz CT molecular complexity index is 1400. The van der Waals surface area contributed by atoms with E-state index in [0.717, 1.165) is 34.1 Å². The fourth-order valence-electron chi connectivity index (χ4n) is 4.82. The maximum absolute atomic E-state index is 13.0. The number of carbonyl (C=O) groups excluding carboxylic acids is 1. The van der Waals surface area contributed by atoms with Crippen molar-refractivity contribution in [2.45, 2.75) is 24.4 Å². The van der Waals surface area contributed by atoms with Crippen LogP contribution in [0.25, 0.3) is 0 Å². The Morgan fingerprint density at radius 1 is 0.947 bits per heavy atom. The average molecular weight is 537 g/mol. The molecule has 38 heavy (non-hydrogen) atoms. The minimum Gasteiger partial charge on any atom is -0.497 e. The van der Waals surface area contributed by atoms with Gasteiger partial charge in [-0.3, -0.25) is 4.79 Å². The van der Waals surface area contributed by atoms with Crippen molar-refractivity contribution >= 4 is 38.7 Å². The van der Waals surface area contributed by atoms with Crippen molar-refractivity contribution in [1.82, 2.24) is 4.31 Å². The van der Waals surface area contributed by atoms with E-state index < -0.39 is 10.0 Å². The van der Waals surface area contributed by atoms with Crippen LogP contribution in [0, 0.1) is 0 Å². The molecule has 5 rings (SSSR count). The van der Waals surface area contributed by atoms with E-state index in [4.69, 9.17) is 9.47 Å². The molecule has 0 radical (unpaired) electrons. The van der Waals surface area contributed by atoms with Gasteiger partial charge in [-0.1, -0.05) is 12.1 Å². The summed E-state index contributed by atoms with van der Waals surface area (Å²) in [5.41, 5.74) is 4.44. The smallest absolute Gasteiger partial charge is 0.249 e. The van der Waals surface area contributed by atoms with E-state index in [2.05, 4.69) is 10.2 Å². The lowest BCUT2D eigenvalue weighted by Gasteiger charge is -2.40. The highest BCUT2D eigenvalue weighted by Gasteiger charge is 2.33. The highest BCUT2D eigenvalue weighted by Crippen LogP contribution is 2.39. The number of anilines is 4. The Morgan fingerprint density at radius 2 is 1.61 bits per heavy atom. The van der Waals surface area contributed by atoms with Crippen LogP contribution in [-0.2, 0) is 26.1 Å². The van der Waals surface area contributed by atoms with Crippen molar-refractivity contribution in [2.24, 2.45) is 0 Å². The van der Waals surface area contributed by atoms with E-state index in [-0.39, 0.29) is 16.8 Å². The van der Waals surface area contributed by atoms with Crippen molar-refractivity contribution in [1.29, 1.82) is 0 Å². The summed E-state index contributed by atoms with van der Waals surface area (Å²) in [5, 5.41) is 3.38. The Morgan fingerprint density at radius 3 is 2.26 bits per heavy atom. The highest BCUT2D eigenvalue weighted by atomic mass is 32.2. The summed E-state index contributed by atoms with van der Waals surface area (Å²) in [6, 6.07) is 20.1. The molecular weight excluding hydrogens is 504 g/mol. The molecule has 0 bridgehead atoms. The van der Waals surface area contributed by atoms with Crippen LogP contribution in [0.1, 0.15) is 12.5 Å². The molecule has 9 nitrogen and oxygen atoms in total. The summed E-state index contributed by atoms with van der Waals surface area (Å²) in [6.07, 6.45) is 0. The molecular formula is C28H32N4O5S. The number of methoxy groups -OCH3 is 1. The molecule has 3 aromatic carbocycles. The number of nitrogens with one attached hydrogen (secondary N) is 1. The molecule has 10 heteroatoms. The van der Waals surface area contributed by atoms with Gasteiger partial charge in [-0.05, 0) is 67.1 Å². The molecule has 2 aliphatic heterocycles. The van der Waals surface area contributed by atoms with Crippen molar-refractivity contribution in [3.05, 3.63) is 72.3 Å². The summed E-state index contributed by atoms with van der Waals surface area (Å²) in [4.78, 5) is 17.0. The average Bonchev–Trinajstić information content (AvgIpc) is 2.95. The number of hydrogen-bond donors (Lipinski definition) is 1. The minimum absolute atomic E-state index is 0.0313. The highest BCUT2D eigenvalue weighted by molar-refractivity contribution is 7.89. The maximum Gasteiger partial charge on any atom is 0.249 e. The lowest BCUT2D eigenvalue weighted by Crippen LogP contribution is -2.50. The molecule has 0 saturated carbocycles. The molecule has 1 saturated heterocycles. The van der Waals surface area contributed by atoms with Gasteiger partial charge >= 0.3 is 0 Å². The van der Waals surface area contributed by atoms with Crippen molar-refractivity contribution in [2.75, 3.05) is 55.6 Å². The predicted molar refractivity (Wildman–Crippen MR) is 148 cm³/mol. The van der Waals surface area contributed by atoms with E-state index in [1.807, 2.05) is 49.4 Å². The fourth-order valence-corrected chi connectivity index (χ4v) is 6.23. The molecule has 200 valence electrons. The number of amides is 1. The molecule has 0 aromatic heterocycles. The van der Waals surface area contributed by atoms with E-state index in [1.165, 1.54) is 4.31 Å². The standard InChI is InChI=1S/C28H32N4O5S/c1-20-28(33)30(2)26-13-8-23(18-27(26)32(20)19-21-4-9-24(36-3)10-5-21)29-22-6-11-25(12-7-22)38(34,35)31-14-16-37-17-15-31/h4-13,18,20,29H,14-17,19H2,1-3H3. The number of rotatable bonds is 7. The largest absolute Gasteiger partial charge is 0.497 e. The first-order valence-electron chi connectivity index (χ1n) is 12.5. The SMILES string of the molecule is COc1ccc(CN2c3cc(Nc4ccc(S(=O)(=O)N5CCOCC5)cc4)ccc3N(C)C(=O)C2C)cc1. The second-order valence-electron chi connectivity index (χ2n) is 9.42. The van der Waals surface area contributed by atoms with Gasteiger partial charge in [0.25, 0.3) is 0 Å². The summed E-state index contributed by atoms with van der Waals surface area (Å²) in [6.45, 7) is 4.02. The second-order valence-corrected chi connectivity index (χ2v) is 11.4. The Hall–Kier alpha value is -3.60. The molecule has 1 fully saturated rings. The fraction of sp³-hybridized carbons (Fsp3) is 0.321. The first kappa shape index (κ1) is 26.0. The number of nitrogens with zero attached hydrogens (tertiary/aromatic N) is 3. The van der Waals surface area contributed by atoms with E-state index in [1.54, 1.807) is 43.3 Å². The second kappa shape index (κ2) is 10.6. The third kappa shape index (κ3) is 5.07. The summed E-state index contributed by atoms with van der Waals surface area (Å²) in [5.74, 6) is 0.815. The molecule has 1 amide bonds. The number of ether oxygens (including phenoxy) is 2. The molecule has 0 aliphatic carbocycles. The molecule has 1 N–H and O–H groups in total. The lowest BCUT2D eigenvalue weighted by atomic mass is 10.0. The van der Waals surface area contributed by atoms with Gasteiger partial charge in [0.15, 0.2) is 0 Å². The number of morpholine rings is 1. The minimum atomic E-state index is -3.55. The number of hydrogen-bond acceptors (Lipinski definition) is 7. The van der Waals surface area contributed by atoms with Gasteiger partial charge in [0.05, 0.1) is 36.6 Å². The van der Waals surface area contributed by atoms with Gasteiger partial charge in [0.1, 0.15) is 11.8 Å². The van der Waals surface area contributed by atoms with Gasteiger partial charge < -0.3 is 24.6 Å². The quantitative estimate of drug-likeness (QED) is 0.491. The van der Waals surface area contributed by atoms with Crippen LogP contribution in [0.3, 0.4) is 0 Å². The molecule has 1 unspecified atom stereocenters. The van der Waals surface area contributed by atoms with Gasteiger partial charge in [0, 0.05) is 38.1 Å². The number of benzene rings is 3. The molecule has 3 aromatic rings. The van der Waals surface area contributed by atoms with Crippen LogP contribution in [0.5, 0.6) is 5.75 Å². The lowest BCUT2D eigenvalue weighted by molar-refractivity contribution is -0.119. The predicted octanol–water partition coefficient (Wildman–Crippen LogP) is 3.83.